The molecular formula is C18H18FN3S. The number of aromatic nitrogens is 1. The molecule has 0 saturated carbocycles. The summed E-state index contributed by atoms with van der Waals surface area (Å²) in [5.41, 5.74) is 10.8. The van der Waals surface area contributed by atoms with E-state index in [1.165, 1.54) is 12.1 Å². The highest BCUT2D eigenvalue weighted by molar-refractivity contribution is 7.13. The number of nitrogens with zero attached hydrogens (tertiary/aromatic N) is 2. The first-order valence-electron chi connectivity index (χ1n) is 7.28. The second-order valence-electron chi connectivity index (χ2n) is 5.70. The normalized spacial score (nSPS) is 11.1. The average Bonchev–Trinajstić information content (AvgIpc) is 2.99. The Morgan fingerprint density at radius 2 is 1.78 bits per heavy atom. The van der Waals surface area contributed by atoms with Crippen molar-refractivity contribution in [3.63, 3.8) is 0 Å². The quantitative estimate of drug-likeness (QED) is 0.728. The van der Waals surface area contributed by atoms with Gasteiger partial charge < -0.3 is 10.6 Å². The Morgan fingerprint density at radius 3 is 2.43 bits per heavy atom. The Hall–Kier alpha value is -2.24. The zero-order valence-electron chi connectivity index (χ0n) is 13.1. The Balaban J connectivity index is 1.88. The minimum absolute atomic E-state index is 0.241. The van der Waals surface area contributed by atoms with E-state index in [9.17, 15) is 4.39 Å². The van der Waals surface area contributed by atoms with Gasteiger partial charge in [-0.15, -0.1) is 11.3 Å². The van der Waals surface area contributed by atoms with Crippen molar-refractivity contribution in [3.05, 3.63) is 59.2 Å². The van der Waals surface area contributed by atoms with E-state index >= 15 is 0 Å². The minimum Gasteiger partial charge on any atom is -0.398 e. The zero-order chi connectivity index (χ0) is 16.4. The molecule has 1 heterocycles. The van der Waals surface area contributed by atoms with Gasteiger partial charge in [0.1, 0.15) is 10.8 Å². The highest BCUT2D eigenvalue weighted by Crippen LogP contribution is 2.30. The molecule has 1 aromatic heterocycles. The third kappa shape index (κ3) is 3.57. The number of rotatable bonds is 4. The maximum absolute atomic E-state index is 13.0. The molecule has 3 nitrogen and oxygen atoms in total. The molecule has 0 saturated heterocycles. The largest absolute Gasteiger partial charge is 0.398 e. The van der Waals surface area contributed by atoms with Crippen LogP contribution in [0.1, 0.15) is 5.56 Å². The van der Waals surface area contributed by atoms with E-state index in [0.717, 1.165) is 39.6 Å². The van der Waals surface area contributed by atoms with Crippen LogP contribution in [-0.2, 0) is 6.54 Å². The molecule has 0 atom stereocenters. The summed E-state index contributed by atoms with van der Waals surface area (Å²) in [6.07, 6.45) is 0. The number of halogens is 1. The second-order valence-corrected chi connectivity index (χ2v) is 6.55. The molecule has 0 bridgehead atoms. The first-order valence-corrected chi connectivity index (χ1v) is 8.16. The van der Waals surface area contributed by atoms with Crippen molar-refractivity contribution in [1.29, 1.82) is 0 Å². The van der Waals surface area contributed by atoms with E-state index in [4.69, 9.17) is 5.73 Å². The van der Waals surface area contributed by atoms with Crippen molar-refractivity contribution in [3.8, 4) is 21.8 Å². The fourth-order valence-corrected chi connectivity index (χ4v) is 3.21. The molecule has 0 fully saturated rings. The lowest BCUT2D eigenvalue weighted by Crippen LogP contribution is -2.12. The first-order chi connectivity index (χ1) is 11.0. The standard InChI is InChI=1S/C18H18FN3S/c1-22(2)10-14-4-3-13(9-16(14)20)17-11-23-18(21-17)12-5-7-15(19)8-6-12/h3-9,11H,10,20H2,1-2H3. The Labute approximate surface area is 139 Å². The monoisotopic (exact) mass is 327 g/mol. The number of nitrogens with two attached hydrogens (primary N) is 1. The van der Waals surface area contributed by atoms with Crippen molar-refractivity contribution in [2.75, 3.05) is 19.8 Å². The molecule has 3 rings (SSSR count). The van der Waals surface area contributed by atoms with Gasteiger partial charge in [-0.3, -0.25) is 0 Å². The van der Waals surface area contributed by atoms with Crippen LogP contribution in [0.2, 0.25) is 0 Å². The van der Waals surface area contributed by atoms with Crippen molar-refractivity contribution >= 4 is 17.0 Å². The van der Waals surface area contributed by atoms with Crippen LogP contribution in [0.25, 0.3) is 21.8 Å². The van der Waals surface area contributed by atoms with E-state index in [1.54, 1.807) is 23.5 Å². The van der Waals surface area contributed by atoms with Gasteiger partial charge in [0.05, 0.1) is 5.69 Å². The fraction of sp³-hybridized carbons (Fsp3) is 0.167. The predicted octanol–water partition coefficient (Wildman–Crippen LogP) is 4.26. The van der Waals surface area contributed by atoms with Crippen molar-refractivity contribution in [1.82, 2.24) is 9.88 Å². The van der Waals surface area contributed by atoms with E-state index in [1.807, 2.05) is 37.7 Å². The SMILES string of the molecule is CN(C)Cc1ccc(-c2csc(-c3ccc(F)cc3)n2)cc1N. The van der Waals surface area contributed by atoms with Gasteiger partial charge in [-0.05, 0) is 50.0 Å². The summed E-state index contributed by atoms with van der Waals surface area (Å²) < 4.78 is 13.0. The van der Waals surface area contributed by atoms with Crippen molar-refractivity contribution in [2.24, 2.45) is 0 Å². The molecular weight excluding hydrogens is 309 g/mol. The third-order valence-electron chi connectivity index (χ3n) is 3.52. The number of anilines is 1. The van der Waals surface area contributed by atoms with Gasteiger partial charge in [0.25, 0.3) is 0 Å². The van der Waals surface area contributed by atoms with Crippen molar-refractivity contribution in [2.45, 2.75) is 6.54 Å². The topological polar surface area (TPSA) is 42.2 Å². The van der Waals surface area contributed by atoms with E-state index in [-0.39, 0.29) is 5.82 Å². The van der Waals surface area contributed by atoms with Gasteiger partial charge in [0.15, 0.2) is 0 Å². The summed E-state index contributed by atoms with van der Waals surface area (Å²) in [6.45, 7) is 0.810. The molecule has 23 heavy (non-hydrogen) atoms. The predicted molar refractivity (Wildman–Crippen MR) is 94.7 cm³/mol. The molecule has 0 unspecified atom stereocenters. The highest BCUT2D eigenvalue weighted by atomic mass is 32.1. The number of thiazole rings is 1. The zero-order valence-corrected chi connectivity index (χ0v) is 13.9. The maximum atomic E-state index is 13.0. The smallest absolute Gasteiger partial charge is 0.124 e. The molecule has 0 spiro atoms. The molecule has 0 radical (unpaired) electrons. The summed E-state index contributed by atoms with van der Waals surface area (Å²) in [5, 5.41) is 2.87. The molecule has 0 amide bonds. The van der Waals surface area contributed by atoms with Crippen LogP contribution >= 0.6 is 11.3 Å². The first kappa shape index (κ1) is 15.6. The van der Waals surface area contributed by atoms with Crippen LogP contribution in [-0.4, -0.2) is 24.0 Å². The van der Waals surface area contributed by atoms with Crippen LogP contribution in [0, 0.1) is 5.82 Å². The Bertz CT molecular complexity index is 809. The molecule has 2 aromatic carbocycles. The number of hydrogen-bond acceptors (Lipinski definition) is 4. The molecule has 118 valence electrons. The van der Waals surface area contributed by atoms with Gasteiger partial charge in [0, 0.05) is 28.7 Å². The summed E-state index contributed by atoms with van der Waals surface area (Å²) in [6, 6.07) is 12.4. The molecule has 2 N–H and O–H groups in total. The van der Waals surface area contributed by atoms with Crippen LogP contribution in [0.5, 0.6) is 0 Å². The summed E-state index contributed by atoms with van der Waals surface area (Å²) in [7, 11) is 4.03. The number of hydrogen-bond donors (Lipinski definition) is 1. The van der Waals surface area contributed by atoms with Crippen LogP contribution in [0.4, 0.5) is 10.1 Å². The minimum atomic E-state index is -0.241. The number of benzene rings is 2. The van der Waals surface area contributed by atoms with E-state index in [0.29, 0.717) is 0 Å². The van der Waals surface area contributed by atoms with Crippen LogP contribution in [0.15, 0.2) is 47.8 Å². The lowest BCUT2D eigenvalue weighted by Gasteiger charge is -2.12. The molecule has 3 aromatic rings. The summed E-state index contributed by atoms with van der Waals surface area (Å²) in [5.74, 6) is -0.241. The van der Waals surface area contributed by atoms with E-state index < -0.39 is 0 Å². The second kappa shape index (κ2) is 6.48. The number of nitrogen functional groups attached to an aromatic ring is 1. The summed E-state index contributed by atoms with van der Waals surface area (Å²) >= 11 is 1.54. The van der Waals surface area contributed by atoms with Crippen LogP contribution in [0.3, 0.4) is 0 Å². The van der Waals surface area contributed by atoms with Gasteiger partial charge in [-0.1, -0.05) is 12.1 Å². The van der Waals surface area contributed by atoms with Crippen LogP contribution < -0.4 is 5.73 Å². The van der Waals surface area contributed by atoms with Gasteiger partial charge in [-0.25, -0.2) is 9.37 Å². The molecule has 5 heteroatoms. The molecule has 0 aliphatic rings. The fourth-order valence-electron chi connectivity index (χ4n) is 2.37. The molecule has 0 aliphatic heterocycles. The Morgan fingerprint density at radius 1 is 1.09 bits per heavy atom. The average molecular weight is 327 g/mol. The van der Waals surface area contributed by atoms with Crippen molar-refractivity contribution < 1.29 is 4.39 Å². The molecule has 0 aliphatic carbocycles. The van der Waals surface area contributed by atoms with Gasteiger partial charge in [0.2, 0.25) is 0 Å². The maximum Gasteiger partial charge on any atom is 0.124 e. The highest BCUT2D eigenvalue weighted by Gasteiger charge is 2.09. The van der Waals surface area contributed by atoms with E-state index in [2.05, 4.69) is 9.88 Å². The lowest BCUT2D eigenvalue weighted by atomic mass is 10.1. The summed E-state index contributed by atoms with van der Waals surface area (Å²) in [4.78, 5) is 6.73. The van der Waals surface area contributed by atoms with Gasteiger partial charge >= 0.3 is 0 Å². The van der Waals surface area contributed by atoms with Gasteiger partial charge in [-0.2, -0.15) is 0 Å². The third-order valence-corrected chi connectivity index (χ3v) is 4.41. The lowest BCUT2D eigenvalue weighted by molar-refractivity contribution is 0.403. The Kier molecular flexibility index (Phi) is 4.41.